The van der Waals surface area contributed by atoms with Gasteiger partial charge < -0.3 is 4.12 Å². The average Bonchev–Trinajstić information content (AvgIpc) is 2.57. The van der Waals surface area contributed by atoms with Gasteiger partial charge in [-0.15, -0.1) is 4.39 Å². The first-order valence-corrected chi connectivity index (χ1v) is 19.5. The number of amides is 1. The first-order chi connectivity index (χ1) is 12.3. The van der Waals surface area contributed by atoms with Gasteiger partial charge in [0.2, 0.25) is 0 Å². The van der Waals surface area contributed by atoms with E-state index in [1.807, 2.05) is 12.1 Å². The zero-order valence-corrected chi connectivity index (χ0v) is 21.5. The normalized spacial score (nSPS) is 12.9. The zero-order chi connectivity index (χ0) is 20.9. The van der Waals surface area contributed by atoms with Gasteiger partial charge in [-0.3, -0.25) is 4.90 Å². The highest BCUT2D eigenvalue weighted by Crippen LogP contribution is 2.27. The molecule has 1 aromatic rings. The van der Waals surface area contributed by atoms with Crippen LogP contribution in [0.2, 0.25) is 57.4 Å². The van der Waals surface area contributed by atoms with Crippen LogP contribution >= 0.6 is 0 Å². The Morgan fingerprint density at radius 1 is 1.04 bits per heavy atom. The Morgan fingerprint density at radius 2 is 1.63 bits per heavy atom. The summed E-state index contributed by atoms with van der Waals surface area (Å²) >= 11 is 0. The number of unbranched alkanes of at least 4 members (excludes halogenated alkanes) is 1. The highest BCUT2D eigenvalue weighted by atomic mass is 28.4. The summed E-state index contributed by atoms with van der Waals surface area (Å²) in [6.07, 6.45) is 1.07. The number of hydrogen-bond donors (Lipinski definition) is 0. The minimum atomic E-state index is -1.71. The molecule has 0 aliphatic carbocycles. The molecule has 0 N–H and O–H groups in total. The maximum Gasteiger partial charge on any atom is 0.404 e. The number of carbonyl (C=O) groups is 1. The van der Waals surface area contributed by atoms with Crippen LogP contribution in [-0.2, 0) is 4.12 Å². The smallest absolute Gasteiger partial charge is 0.404 e. The second kappa shape index (κ2) is 9.63. The Balaban J connectivity index is 2.82. The predicted octanol–water partition coefficient (Wildman–Crippen LogP) is 6.35. The monoisotopic (exact) mass is 427 g/mol. The van der Waals surface area contributed by atoms with E-state index in [1.54, 1.807) is 6.07 Å². The molecule has 1 aromatic carbocycles. The molecule has 0 bridgehead atoms. The van der Waals surface area contributed by atoms with Crippen molar-refractivity contribution >= 4 is 41.7 Å². The van der Waals surface area contributed by atoms with Crippen molar-refractivity contribution < 1.29 is 13.3 Å². The molecule has 0 aliphatic rings. The minimum absolute atomic E-state index is 0.626. The van der Waals surface area contributed by atoms with Gasteiger partial charge in [-0.1, -0.05) is 56.2 Å². The molecule has 0 saturated carbocycles. The molecule has 3 nitrogen and oxygen atoms in total. The largest absolute Gasteiger partial charge is 0.456 e. The topological polar surface area (TPSA) is 29.5 Å². The highest BCUT2D eigenvalue weighted by Gasteiger charge is 2.35. The SMILES string of the molecule is CCCC[Si](C)(C)O[Si](C)(C)CC[Si](C)(C)c1cccc(N(C)C(=O)F)c1. The summed E-state index contributed by atoms with van der Waals surface area (Å²) in [5.74, 6) is 0. The molecular formula is C20H38FNO2Si3. The van der Waals surface area contributed by atoms with Crippen LogP contribution in [-0.4, -0.2) is 37.9 Å². The number of anilines is 1. The van der Waals surface area contributed by atoms with E-state index in [0.717, 1.165) is 17.0 Å². The number of benzene rings is 1. The Hall–Kier alpha value is -0.769. The Kier molecular flexibility index (Phi) is 8.65. The van der Waals surface area contributed by atoms with Crippen LogP contribution in [0.25, 0.3) is 0 Å². The molecule has 0 radical (unpaired) electrons. The maximum absolute atomic E-state index is 13.1. The van der Waals surface area contributed by atoms with Crippen LogP contribution in [0.3, 0.4) is 0 Å². The molecular weight excluding hydrogens is 389 g/mol. The van der Waals surface area contributed by atoms with E-state index < -0.39 is 30.9 Å². The zero-order valence-electron chi connectivity index (χ0n) is 18.5. The van der Waals surface area contributed by atoms with Crippen LogP contribution in [0.4, 0.5) is 14.9 Å². The third kappa shape index (κ3) is 8.01. The van der Waals surface area contributed by atoms with Crippen molar-refractivity contribution in [2.24, 2.45) is 0 Å². The lowest BCUT2D eigenvalue weighted by Crippen LogP contribution is -2.47. The quantitative estimate of drug-likeness (QED) is 0.247. The molecule has 0 aromatic heterocycles. The molecule has 0 aliphatic heterocycles. The highest BCUT2D eigenvalue weighted by molar-refractivity contribution is 6.92. The van der Waals surface area contributed by atoms with Gasteiger partial charge in [0.25, 0.3) is 0 Å². The summed E-state index contributed by atoms with van der Waals surface area (Å²) in [4.78, 5) is 12.1. The molecule has 0 fully saturated rings. The second-order valence-corrected chi connectivity index (χ2v) is 23.2. The molecule has 7 heteroatoms. The summed E-state index contributed by atoms with van der Waals surface area (Å²) in [6, 6.07) is 11.4. The molecule has 154 valence electrons. The lowest BCUT2D eigenvalue weighted by Gasteiger charge is -2.36. The first-order valence-electron chi connectivity index (χ1n) is 10.0. The van der Waals surface area contributed by atoms with E-state index in [4.69, 9.17) is 4.12 Å². The average molecular weight is 428 g/mol. The molecule has 1 rings (SSSR count). The summed E-state index contributed by atoms with van der Waals surface area (Å²) in [7, 11) is -3.51. The lowest BCUT2D eigenvalue weighted by atomic mass is 10.3. The summed E-state index contributed by atoms with van der Waals surface area (Å²) in [6.45, 7) is 16.4. The van der Waals surface area contributed by atoms with E-state index in [-0.39, 0.29) is 0 Å². The molecule has 0 heterocycles. The van der Waals surface area contributed by atoms with Crippen LogP contribution in [0, 0.1) is 0 Å². The molecule has 1 amide bonds. The van der Waals surface area contributed by atoms with Crippen LogP contribution in [0.15, 0.2) is 24.3 Å². The fourth-order valence-electron chi connectivity index (χ4n) is 3.45. The number of hydrogen-bond acceptors (Lipinski definition) is 2. The standard InChI is InChI=1S/C20H38FNO2Si3/c1-9-10-14-26(5,6)24-27(7,8)16-15-25(3,4)19-13-11-12-18(17-19)22(2)20(21)23/h11-13,17H,9-10,14-16H2,1-8H3. The van der Waals surface area contributed by atoms with Gasteiger partial charge in [0, 0.05) is 12.7 Å². The predicted molar refractivity (Wildman–Crippen MR) is 124 cm³/mol. The van der Waals surface area contributed by atoms with Crippen molar-refractivity contribution in [3.8, 4) is 0 Å². The molecule has 27 heavy (non-hydrogen) atoms. The van der Waals surface area contributed by atoms with Crippen molar-refractivity contribution in [1.82, 2.24) is 0 Å². The van der Waals surface area contributed by atoms with Gasteiger partial charge in [0.05, 0.1) is 8.07 Å². The fraction of sp³-hybridized carbons (Fsp3) is 0.650. The Morgan fingerprint density at radius 3 is 2.19 bits per heavy atom. The van der Waals surface area contributed by atoms with Crippen LogP contribution in [0.1, 0.15) is 19.8 Å². The minimum Gasteiger partial charge on any atom is -0.456 e. The van der Waals surface area contributed by atoms with Crippen LogP contribution in [0.5, 0.6) is 0 Å². The summed E-state index contributed by atoms with van der Waals surface area (Å²) in [5.41, 5.74) is 0.626. The summed E-state index contributed by atoms with van der Waals surface area (Å²) in [5, 5.41) is 1.26. The van der Waals surface area contributed by atoms with Crippen molar-refractivity contribution in [1.29, 1.82) is 0 Å². The van der Waals surface area contributed by atoms with Gasteiger partial charge in [0.15, 0.2) is 16.6 Å². The third-order valence-electron chi connectivity index (χ3n) is 5.32. The van der Waals surface area contributed by atoms with E-state index in [0.29, 0.717) is 5.69 Å². The van der Waals surface area contributed by atoms with Gasteiger partial charge >= 0.3 is 6.16 Å². The Bertz CT molecular complexity index is 635. The van der Waals surface area contributed by atoms with Gasteiger partial charge in [0.1, 0.15) is 0 Å². The third-order valence-corrected chi connectivity index (χ3v) is 16.6. The number of nitrogens with zero attached hydrogens (tertiary/aromatic N) is 1. The van der Waals surface area contributed by atoms with Gasteiger partial charge in [-0.2, -0.15) is 0 Å². The maximum atomic E-state index is 13.1. The first kappa shape index (κ1) is 24.3. The van der Waals surface area contributed by atoms with E-state index in [2.05, 4.69) is 52.3 Å². The van der Waals surface area contributed by atoms with Crippen molar-refractivity contribution in [2.75, 3.05) is 11.9 Å². The number of halogens is 1. The number of carbonyl (C=O) groups excluding carboxylic acids is 1. The molecule has 0 saturated heterocycles. The summed E-state index contributed by atoms with van der Waals surface area (Å²) < 4.78 is 19.8. The van der Waals surface area contributed by atoms with Crippen molar-refractivity contribution in [2.45, 2.75) is 77.2 Å². The Labute approximate surface area is 168 Å². The van der Waals surface area contributed by atoms with Crippen LogP contribution < -0.4 is 10.1 Å². The van der Waals surface area contributed by atoms with Gasteiger partial charge in [-0.05, 0) is 50.4 Å². The van der Waals surface area contributed by atoms with E-state index in [1.165, 1.54) is 31.1 Å². The van der Waals surface area contributed by atoms with Crippen molar-refractivity contribution in [3.05, 3.63) is 24.3 Å². The molecule has 0 atom stereocenters. The van der Waals surface area contributed by atoms with E-state index >= 15 is 0 Å². The second-order valence-electron chi connectivity index (χ2n) is 9.47. The number of rotatable bonds is 10. The molecule has 0 spiro atoms. The van der Waals surface area contributed by atoms with Gasteiger partial charge in [-0.25, -0.2) is 4.79 Å². The molecule has 0 unspecified atom stereocenters. The lowest BCUT2D eigenvalue weighted by molar-refractivity contribution is 0.229. The van der Waals surface area contributed by atoms with Crippen molar-refractivity contribution in [3.63, 3.8) is 0 Å². The fourth-order valence-corrected chi connectivity index (χ4v) is 17.7. The van der Waals surface area contributed by atoms with E-state index in [9.17, 15) is 9.18 Å².